The highest BCUT2D eigenvalue weighted by molar-refractivity contribution is 6.32. The maximum atomic E-state index is 12.2. The Morgan fingerprint density at radius 3 is 2.60 bits per heavy atom. The molecule has 128 valence electrons. The van der Waals surface area contributed by atoms with Crippen molar-refractivity contribution < 1.29 is 14.1 Å². The summed E-state index contributed by atoms with van der Waals surface area (Å²) < 4.78 is 10.9. The molecule has 6 heteroatoms. The van der Waals surface area contributed by atoms with Gasteiger partial charge in [0.05, 0.1) is 11.1 Å². The van der Waals surface area contributed by atoms with Crippen molar-refractivity contribution >= 4 is 23.2 Å². The van der Waals surface area contributed by atoms with Crippen LogP contribution in [0.1, 0.15) is 24.3 Å². The highest BCUT2D eigenvalue weighted by Crippen LogP contribution is 2.31. The molecule has 0 atom stereocenters. The number of aromatic nitrogens is 1. The Morgan fingerprint density at radius 1 is 1.16 bits per heavy atom. The minimum Gasteiger partial charge on any atom is -0.489 e. The van der Waals surface area contributed by atoms with Gasteiger partial charge in [-0.2, -0.15) is 0 Å². The van der Waals surface area contributed by atoms with E-state index in [2.05, 4.69) is 10.5 Å². The Kier molecular flexibility index (Phi) is 5.05. The summed E-state index contributed by atoms with van der Waals surface area (Å²) >= 11 is 6.23. The number of nitrogens with one attached hydrogen (secondary N) is 1. The van der Waals surface area contributed by atoms with Gasteiger partial charge in [-0.3, -0.25) is 4.79 Å². The van der Waals surface area contributed by atoms with Gasteiger partial charge in [-0.25, -0.2) is 0 Å². The van der Waals surface area contributed by atoms with Gasteiger partial charge in [0.2, 0.25) is 0 Å². The van der Waals surface area contributed by atoms with E-state index in [-0.39, 0.29) is 17.7 Å². The van der Waals surface area contributed by atoms with Gasteiger partial charge in [0.25, 0.3) is 5.91 Å². The zero-order chi connectivity index (χ0) is 17.8. The topological polar surface area (TPSA) is 64.4 Å². The largest absolute Gasteiger partial charge is 0.489 e. The molecule has 0 bridgehead atoms. The van der Waals surface area contributed by atoms with Crippen LogP contribution in [0.5, 0.6) is 5.75 Å². The third kappa shape index (κ3) is 4.19. The molecule has 1 N–H and O–H groups in total. The summed E-state index contributed by atoms with van der Waals surface area (Å²) in [5.74, 6) is 0.713. The van der Waals surface area contributed by atoms with E-state index in [0.717, 1.165) is 0 Å². The Balaban J connectivity index is 1.77. The number of halogens is 1. The molecule has 1 heterocycles. The van der Waals surface area contributed by atoms with Crippen LogP contribution in [0.3, 0.4) is 0 Å². The first-order valence-corrected chi connectivity index (χ1v) is 8.20. The van der Waals surface area contributed by atoms with Gasteiger partial charge < -0.3 is 14.6 Å². The summed E-state index contributed by atoms with van der Waals surface area (Å²) in [4.78, 5) is 12.2. The Morgan fingerprint density at radius 2 is 1.92 bits per heavy atom. The highest BCUT2D eigenvalue weighted by atomic mass is 35.5. The lowest BCUT2D eigenvalue weighted by atomic mass is 10.1. The molecule has 0 aliphatic rings. The lowest BCUT2D eigenvalue weighted by Crippen LogP contribution is -2.11. The summed E-state index contributed by atoms with van der Waals surface area (Å²) in [5, 5.41) is 7.06. The number of para-hydroxylation sites is 1. The maximum Gasteiger partial charge on any atom is 0.277 e. The van der Waals surface area contributed by atoms with Gasteiger partial charge in [-0.05, 0) is 44.2 Å². The number of hydrogen-bond donors (Lipinski definition) is 1. The molecule has 0 saturated carbocycles. The number of carbonyl (C=O) groups is 1. The molecule has 0 radical (unpaired) electrons. The molecule has 0 aliphatic carbocycles. The van der Waals surface area contributed by atoms with Crippen molar-refractivity contribution in [1.82, 2.24) is 5.16 Å². The van der Waals surface area contributed by atoms with E-state index < -0.39 is 0 Å². The number of hydrogen-bond acceptors (Lipinski definition) is 4. The number of ether oxygens (including phenoxy) is 1. The minimum atomic E-state index is -0.341. The van der Waals surface area contributed by atoms with Crippen LogP contribution >= 0.6 is 11.6 Å². The van der Waals surface area contributed by atoms with Gasteiger partial charge in [-0.15, -0.1) is 0 Å². The molecule has 2 aromatic carbocycles. The van der Waals surface area contributed by atoms with Crippen molar-refractivity contribution in [1.29, 1.82) is 0 Å². The fraction of sp³-hybridized carbons (Fsp3) is 0.158. The first-order chi connectivity index (χ1) is 12.0. The quantitative estimate of drug-likeness (QED) is 0.696. The van der Waals surface area contributed by atoms with Crippen LogP contribution in [0.25, 0.3) is 11.3 Å². The molecule has 3 aromatic rings. The average Bonchev–Trinajstić information content (AvgIpc) is 3.07. The van der Waals surface area contributed by atoms with Crippen molar-refractivity contribution in [3.05, 3.63) is 65.3 Å². The van der Waals surface area contributed by atoms with Gasteiger partial charge in [0.15, 0.2) is 11.5 Å². The molecule has 25 heavy (non-hydrogen) atoms. The second-order valence-corrected chi connectivity index (χ2v) is 6.12. The zero-order valence-corrected chi connectivity index (χ0v) is 14.6. The van der Waals surface area contributed by atoms with Gasteiger partial charge in [-0.1, -0.05) is 35.0 Å². The Hall–Kier alpha value is -2.79. The number of nitrogens with zero attached hydrogens (tertiary/aromatic N) is 1. The molecule has 1 amide bonds. The molecule has 3 rings (SSSR count). The normalized spacial score (nSPS) is 10.7. The van der Waals surface area contributed by atoms with Crippen molar-refractivity contribution in [3.63, 3.8) is 0 Å². The van der Waals surface area contributed by atoms with Crippen LogP contribution in [0.15, 0.2) is 59.1 Å². The molecule has 1 aromatic heterocycles. The summed E-state index contributed by atoms with van der Waals surface area (Å²) in [5.41, 5.74) is 1.60. The SMILES string of the molecule is CC(C)Oc1ccc(-c2cc(C(=O)Nc3ccccc3)no2)cc1Cl. The predicted molar refractivity (Wildman–Crippen MR) is 97.1 cm³/mol. The van der Waals surface area contributed by atoms with E-state index >= 15 is 0 Å². The Bertz CT molecular complexity index is 875. The van der Waals surface area contributed by atoms with E-state index in [9.17, 15) is 4.79 Å². The molecule has 0 unspecified atom stereocenters. The van der Waals surface area contributed by atoms with E-state index in [4.69, 9.17) is 20.9 Å². The van der Waals surface area contributed by atoms with E-state index in [1.165, 1.54) is 0 Å². The predicted octanol–water partition coefficient (Wildman–Crippen LogP) is 5.03. The van der Waals surface area contributed by atoms with E-state index in [1.54, 1.807) is 30.3 Å². The number of benzene rings is 2. The van der Waals surface area contributed by atoms with Crippen molar-refractivity contribution in [3.8, 4) is 17.1 Å². The number of anilines is 1. The first kappa shape index (κ1) is 17.0. The lowest BCUT2D eigenvalue weighted by Gasteiger charge is -2.11. The van der Waals surface area contributed by atoms with Gasteiger partial charge >= 0.3 is 0 Å². The van der Waals surface area contributed by atoms with Crippen molar-refractivity contribution in [2.24, 2.45) is 0 Å². The molecule has 0 aliphatic heterocycles. The summed E-state index contributed by atoms with van der Waals surface area (Å²) in [6.07, 6.45) is 0.0296. The average molecular weight is 357 g/mol. The molecular weight excluding hydrogens is 340 g/mol. The zero-order valence-electron chi connectivity index (χ0n) is 13.8. The lowest BCUT2D eigenvalue weighted by molar-refractivity contribution is 0.101. The van der Waals surface area contributed by atoms with Crippen LogP contribution in [-0.2, 0) is 0 Å². The van der Waals surface area contributed by atoms with Gasteiger partial charge in [0.1, 0.15) is 5.75 Å². The van der Waals surface area contributed by atoms with Crippen LogP contribution in [0, 0.1) is 0 Å². The fourth-order valence-electron chi connectivity index (χ4n) is 2.24. The van der Waals surface area contributed by atoms with Crippen LogP contribution in [-0.4, -0.2) is 17.2 Å². The molecule has 0 spiro atoms. The highest BCUT2D eigenvalue weighted by Gasteiger charge is 2.15. The fourth-order valence-corrected chi connectivity index (χ4v) is 2.46. The van der Waals surface area contributed by atoms with Crippen LogP contribution in [0.4, 0.5) is 5.69 Å². The van der Waals surface area contributed by atoms with E-state index in [1.807, 2.05) is 38.1 Å². The second-order valence-electron chi connectivity index (χ2n) is 5.71. The standard InChI is InChI=1S/C19H17ClN2O3/c1-12(2)24-17-9-8-13(10-15(17)20)18-11-16(22-25-18)19(23)21-14-6-4-3-5-7-14/h3-12H,1-2H3,(H,21,23). The van der Waals surface area contributed by atoms with Crippen LogP contribution < -0.4 is 10.1 Å². The number of carbonyl (C=O) groups excluding carboxylic acids is 1. The molecular formula is C19H17ClN2O3. The maximum absolute atomic E-state index is 12.2. The third-order valence-electron chi connectivity index (χ3n) is 3.35. The molecule has 0 saturated heterocycles. The Labute approximate surface area is 150 Å². The molecule has 5 nitrogen and oxygen atoms in total. The number of rotatable bonds is 5. The summed E-state index contributed by atoms with van der Waals surface area (Å²) in [6.45, 7) is 3.86. The van der Waals surface area contributed by atoms with Crippen molar-refractivity contribution in [2.45, 2.75) is 20.0 Å². The first-order valence-electron chi connectivity index (χ1n) is 7.82. The monoisotopic (exact) mass is 356 g/mol. The van der Waals surface area contributed by atoms with Gasteiger partial charge in [0, 0.05) is 17.3 Å². The van der Waals surface area contributed by atoms with E-state index in [0.29, 0.717) is 27.8 Å². The molecule has 0 fully saturated rings. The summed E-state index contributed by atoms with van der Waals surface area (Å²) in [7, 11) is 0. The third-order valence-corrected chi connectivity index (χ3v) is 3.65. The summed E-state index contributed by atoms with van der Waals surface area (Å²) in [6, 6.07) is 16.0. The van der Waals surface area contributed by atoms with Crippen LogP contribution in [0.2, 0.25) is 5.02 Å². The second kappa shape index (κ2) is 7.40. The van der Waals surface area contributed by atoms with Crippen molar-refractivity contribution in [2.75, 3.05) is 5.32 Å². The number of amides is 1. The smallest absolute Gasteiger partial charge is 0.277 e. The minimum absolute atomic E-state index is 0.0296.